The zero-order valence-electron chi connectivity index (χ0n) is 19.8. The zero-order chi connectivity index (χ0) is 26.4. The van der Waals surface area contributed by atoms with Crippen molar-refractivity contribution in [1.82, 2.24) is 0 Å². The third-order valence-electron chi connectivity index (χ3n) is 5.62. The van der Waals surface area contributed by atoms with Gasteiger partial charge in [-0.3, -0.25) is 19.7 Å². The van der Waals surface area contributed by atoms with Crippen LogP contribution in [0.4, 0.5) is 11.4 Å². The number of amides is 1. The van der Waals surface area contributed by atoms with E-state index in [0.29, 0.717) is 22.4 Å². The van der Waals surface area contributed by atoms with Crippen LogP contribution in [0.5, 0.6) is 0 Å². The molecule has 0 heterocycles. The number of Topliss-reactive ketones (excluding diaryl/α,β-unsaturated/α-hetero) is 1. The second kappa shape index (κ2) is 11.1. The number of non-ortho nitro benzene ring substituents is 1. The van der Waals surface area contributed by atoms with Gasteiger partial charge in [0, 0.05) is 34.5 Å². The lowest BCUT2D eigenvalue weighted by Gasteiger charge is -2.17. The molecule has 184 valence electrons. The van der Waals surface area contributed by atoms with Gasteiger partial charge < -0.3 is 10.1 Å². The molecule has 0 fully saturated rings. The summed E-state index contributed by atoms with van der Waals surface area (Å²) in [5.74, 6) is -1.52. The Morgan fingerprint density at radius 3 is 1.95 bits per heavy atom. The normalized spacial score (nSPS) is 11.3. The number of hydrogen-bond acceptors (Lipinski definition) is 6. The first-order valence-corrected chi connectivity index (χ1v) is 11.3. The Morgan fingerprint density at radius 1 is 0.757 bits per heavy atom. The molecule has 1 atom stereocenters. The summed E-state index contributed by atoms with van der Waals surface area (Å²) in [6.07, 6.45) is -1.31. The molecule has 8 heteroatoms. The van der Waals surface area contributed by atoms with Crippen molar-refractivity contribution in [3.63, 3.8) is 0 Å². The van der Waals surface area contributed by atoms with E-state index in [1.807, 2.05) is 19.1 Å². The van der Waals surface area contributed by atoms with Crippen LogP contribution in [0.1, 0.15) is 48.3 Å². The monoisotopic (exact) mass is 494 g/mol. The summed E-state index contributed by atoms with van der Waals surface area (Å²) in [5, 5.41) is 13.8. The minimum Gasteiger partial charge on any atom is -0.445 e. The maximum Gasteiger partial charge on any atom is 0.339 e. The van der Waals surface area contributed by atoms with Crippen molar-refractivity contribution < 1.29 is 24.0 Å². The molecule has 0 bridgehead atoms. The Bertz CT molecular complexity index is 1430. The van der Waals surface area contributed by atoms with Crippen LogP contribution >= 0.6 is 0 Å². The summed E-state index contributed by atoms with van der Waals surface area (Å²) in [6, 6.07) is 26.8. The molecule has 1 amide bonds. The molecule has 0 aliphatic carbocycles. The number of nitrogens with one attached hydrogen (secondary N) is 1. The van der Waals surface area contributed by atoms with Gasteiger partial charge in [0.15, 0.2) is 6.10 Å². The minimum atomic E-state index is -1.31. The number of carbonyl (C=O) groups excluding carboxylic acids is 3. The zero-order valence-corrected chi connectivity index (χ0v) is 19.8. The van der Waals surface area contributed by atoms with Crippen LogP contribution in [-0.4, -0.2) is 22.6 Å². The van der Waals surface area contributed by atoms with Crippen LogP contribution in [-0.2, 0) is 4.74 Å². The third kappa shape index (κ3) is 6.12. The highest BCUT2D eigenvalue weighted by atomic mass is 16.6. The van der Waals surface area contributed by atoms with E-state index in [1.165, 1.54) is 36.4 Å². The molecule has 0 spiro atoms. The number of esters is 1. The molecule has 1 N–H and O–H groups in total. The third-order valence-corrected chi connectivity index (χ3v) is 5.62. The van der Waals surface area contributed by atoms with Crippen molar-refractivity contribution in [2.75, 3.05) is 5.32 Å². The van der Waals surface area contributed by atoms with E-state index in [0.717, 1.165) is 5.56 Å². The van der Waals surface area contributed by atoms with Gasteiger partial charge in [-0.15, -0.1) is 0 Å². The summed E-state index contributed by atoms with van der Waals surface area (Å²) in [5.41, 5.74) is 2.67. The molecular weight excluding hydrogens is 472 g/mol. The fourth-order valence-electron chi connectivity index (χ4n) is 3.57. The lowest BCUT2D eigenvalue weighted by molar-refractivity contribution is -0.384. The van der Waals surface area contributed by atoms with E-state index in [1.54, 1.807) is 54.6 Å². The van der Waals surface area contributed by atoms with Crippen LogP contribution in [0.3, 0.4) is 0 Å². The molecule has 0 aromatic heterocycles. The van der Waals surface area contributed by atoms with Crippen LogP contribution in [0.25, 0.3) is 0 Å². The van der Waals surface area contributed by atoms with Gasteiger partial charge >= 0.3 is 5.97 Å². The number of ketones is 1. The number of rotatable bonds is 8. The van der Waals surface area contributed by atoms with Gasteiger partial charge in [0.05, 0.1) is 10.5 Å². The predicted octanol–water partition coefficient (Wildman–Crippen LogP) is 5.94. The van der Waals surface area contributed by atoms with Crippen LogP contribution in [0.2, 0.25) is 0 Å². The summed E-state index contributed by atoms with van der Waals surface area (Å²) in [7, 11) is 0. The molecule has 37 heavy (non-hydrogen) atoms. The molecule has 0 radical (unpaired) electrons. The first-order chi connectivity index (χ1) is 17.8. The van der Waals surface area contributed by atoms with Crippen molar-refractivity contribution in [2.45, 2.75) is 13.0 Å². The van der Waals surface area contributed by atoms with Gasteiger partial charge in [-0.2, -0.15) is 0 Å². The first kappa shape index (κ1) is 25.0. The number of nitrogens with zero attached hydrogens (tertiary/aromatic N) is 1. The number of aryl methyl sites for hydroxylation is 1. The maximum atomic E-state index is 13.2. The lowest BCUT2D eigenvalue weighted by atomic mass is 9.99. The van der Waals surface area contributed by atoms with Gasteiger partial charge in [0.1, 0.15) is 0 Å². The van der Waals surface area contributed by atoms with Crippen molar-refractivity contribution in [3.8, 4) is 0 Å². The average Bonchev–Trinajstić information content (AvgIpc) is 2.92. The SMILES string of the molecule is Cc1ccc(C(=O)Nc2ccc(C(=O)O[C@H](C(=O)c3ccccc3)c3ccc([N+](=O)[O-])cc3)cc2)cc1. The number of ether oxygens (including phenoxy) is 1. The van der Waals surface area contributed by atoms with Crippen molar-refractivity contribution in [3.05, 3.63) is 141 Å². The molecule has 0 aliphatic rings. The summed E-state index contributed by atoms with van der Waals surface area (Å²) >= 11 is 0. The van der Waals surface area contributed by atoms with E-state index < -0.39 is 22.8 Å². The number of nitro benzene ring substituents is 1. The molecule has 8 nitrogen and oxygen atoms in total. The molecule has 0 saturated carbocycles. The molecule has 4 aromatic rings. The number of benzene rings is 4. The van der Waals surface area contributed by atoms with E-state index in [-0.39, 0.29) is 17.2 Å². The van der Waals surface area contributed by atoms with Crippen molar-refractivity contribution in [1.29, 1.82) is 0 Å². The van der Waals surface area contributed by atoms with E-state index in [2.05, 4.69) is 5.32 Å². The van der Waals surface area contributed by atoms with Crippen LogP contribution < -0.4 is 5.32 Å². The second-order valence-electron chi connectivity index (χ2n) is 8.26. The van der Waals surface area contributed by atoms with Crippen molar-refractivity contribution in [2.24, 2.45) is 0 Å². The summed E-state index contributed by atoms with van der Waals surface area (Å²) < 4.78 is 5.59. The molecule has 0 aliphatic heterocycles. The molecule has 0 saturated heterocycles. The lowest BCUT2D eigenvalue weighted by Crippen LogP contribution is -2.20. The Hall–Kier alpha value is -5.11. The minimum absolute atomic E-state index is 0.149. The van der Waals surface area contributed by atoms with E-state index in [9.17, 15) is 24.5 Å². The molecule has 4 aromatic carbocycles. The number of carbonyl (C=O) groups is 3. The number of hydrogen-bond donors (Lipinski definition) is 1. The Morgan fingerprint density at radius 2 is 1.35 bits per heavy atom. The number of nitro groups is 1. The highest BCUT2D eigenvalue weighted by Gasteiger charge is 2.27. The first-order valence-electron chi connectivity index (χ1n) is 11.3. The summed E-state index contributed by atoms with van der Waals surface area (Å²) in [6.45, 7) is 1.93. The van der Waals surface area contributed by atoms with Gasteiger partial charge in [-0.05, 0) is 55.5 Å². The van der Waals surface area contributed by atoms with Crippen LogP contribution in [0, 0.1) is 17.0 Å². The predicted molar refractivity (Wildman–Crippen MR) is 138 cm³/mol. The van der Waals surface area contributed by atoms with E-state index >= 15 is 0 Å². The number of anilines is 1. The Kier molecular flexibility index (Phi) is 7.49. The standard InChI is InChI=1S/C29H22N2O6/c1-19-7-9-22(10-8-19)28(33)30-24-15-11-23(12-16-24)29(34)37-27(26(32)20-5-3-2-4-6-20)21-13-17-25(18-14-21)31(35)36/h2-18,27H,1H3,(H,30,33)/t27-/m0/s1. The van der Waals surface area contributed by atoms with Gasteiger partial charge in [-0.25, -0.2) is 4.79 Å². The highest BCUT2D eigenvalue weighted by molar-refractivity contribution is 6.05. The van der Waals surface area contributed by atoms with Gasteiger partial charge in [-0.1, -0.05) is 48.0 Å². The summed E-state index contributed by atoms with van der Waals surface area (Å²) in [4.78, 5) is 49.1. The molecular formula is C29H22N2O6. The van der Waals surface area contributed by atoms with E-state index in [4.69, 9.17) is 4.74 Å². The molecule has 4 rings (SSSR count). The van der Waals surface area contributed by atoms with Gasteiger partial charge in [0.2, 0.25) is 5.78 Å². The smallest absolute Gasteiger partial charge is 0.339 e. The molecule has 0 unspecified atom stereocenters. The fourth-order valence-corrected chi connectivity index (χ4v) is 3.57. The average molecular weight is 495 g/mol. The van der Waals surface area contributed by atoms with Gasteiger partial charge in [0.25, 0.3) is 11.6 Å². The highest BCUT2D eigenvalue weighted by Crippen LogP contribution is 2.26. The van der Waals surface area contributed by atoms with Crippen LogP contribution in [0.15, 0.2) is 103 Å². The maximum absolute atomic E-state index is 13.2. The quantitative estimate of drug-likeness (QED) is 0.140. The van der Waals surface area contributed by atoms with Crippen molar-refractivity contribution >= 4 is 29.0 Å². The second-order valence-corrected chi connectivity index (χ2v) is 8.26. The Balaban J connectivity index is 1.52. The fraction of sp³-hybridized carbons (Fsp3) is 0.0690. The Labute approximate surface area is 212 Å². The largest absolute Gasteiger partial charge is 0.445 e. The topological polar surface area (TPSA) is 116 Å².